The molecule has 1 aliphatic carbocycles. The molecule has 2 rings (SSSR count). The molecule has 19 heavy (non-hydrogen) atoms. The summed E-state index contributed by atoms with van der Waals surface area (Å²) in [6.07, 6.45) is 3.86. The first-order chi connectivity index (χ1) is 9.24. The molecule has 0 fully saturated rings. The molecule has 0 radical (unpaired) electrons. The molecule has 2 atom stereocenters. The van der Waals surface area contributed by atoms with Crippen LogP contribution in [0.4, 0.5) is 0 Å². The number of carbonyl (C=O) groups excluding carboxylic acids is 1. The van der Waals surface area contributed by atoms with Crippen LogP contribution in [0.25, 0.3) is 0 Å². The van der Waals surface area contributed by atoms with Crippen molar-refractivity contribution >= 4 is 6.29 Å². The maximum absolute atomic E-state index is 10.9. The molecule has 100 valence electrons. The number of hydrogen-bond acceptors (Lipinski definition) is 4. The molecule has 0 saturated heterocycles. The minimum atomic E-state index is -0.425. The van der Waals surface area contributed by atoms with Gasteiger partial charge in [-0.25, -0.2) is 0 Å². The Hall–Kier alpha value is -2.07. The molecule has 2 N–H and O–H groups in total. The first kappa shape index (κ1) is 13.4. The molecule has 0 aromatic heterocycles. The van der Waals surface area contributed by atoms with Gasteiger partial charge in [-0.2, -0.15) is 0 Å². The van der Waals surface area contributed by atoms with E-state index in [4.69, 9.17) is 15.2 Å². The molecule has 2 unspecified atom stereocenters. The molecule has 1 aromatic rings. The molecule has 0 amide bonds. The van der Waals surface area contributed by atoms with E-state index < -0.39 is 5.92 Å². The Balaban J connectivity index is 2.05. The number of benzene rings is 1. The van der Waals surface area contributed by atoms with Crippen molar-refractivity contribution in [1.82, 2.24) is 0 Å². The van der Waals surface area contributed by atoms with Crippen molar-refractivity contribution in [2.24, 2.45) is 11.7 Å². The van der Waals surface area contributed by atoms with E-state index >= 15 is 0 Å². The lowest BCUT2D eigenvalue weighted by Crippen LogP contribution is -2.25. The molecule has 4 nitrogen and oxygen atoms in total. The standard InChI is InChI=1S/C15H17NO3/c1-18-14-7-12(9-17)13(16)8-15(14)19-10-11-5-3-2-4-6-11/h2-9,12,15H,10,16H2,1H3. The Bertz CT molecular complexity index is 493. The maximum Gasteiger partial charge on any atom is 0.135 e. The normalized spacial score (nSPS) is 22.4. The third-order valence-corrected chi connectivity index (χ3v) is 3.01. The second-order valence-corrected chi connectivity index (χ2v) is 4.32. The smallest absolute Gasteiger partial charge is 0.135 e. The van der Waals surface area contributed by atoms with E-state index in [1.54, 1.807) is 19.3 Å². The zero-order valence-electron chi connectivity index (χ0n) is 10.8. The average molecular weight is 259 g/mol. The van der Waals surface area contributed by atoms with E-state index in [1.807, 2.05) is 30.3 Å². The molecule has 0 bridgehead atoms. The van der Waals surface area contributed by atoms with Crippen LogP contribution < -0.4 is 5.73 Å². The topological polar surface area (TPSA) is 61.5 Å². The lowest BCUT2D eigenvalue weighted by Gasteiger charge is -2.23. The van der Waals surface area contributed by atoms with Gasteiger partial charge in [0.15, 0.2) is 0 Å². The first-order valence-electron chi connectivity index (χ1n) is 6.08. The minimum absolute atomic E-state index is 0.346. The van der Waals surface area contributed by atoms with E-state index in [2.05, 4.69) is 0 Å². The highest BCUT2D eigenvalue weighted by molar-refractivity contribution is 5.63. The zero-order chi connectivity index (χ0) is 13.7. The van der Waals surface area contributed by atoms with Gasteiger partial charge in [-0.1, -0.05) is 30.3 Å². The minimum Gasteiger partial charge on any atom is -0.498 e. The van der Waals surface area contributed by atoms with Gasteiger partial charge in [0.25, 0.3) is 0 Å². The Morgan fingerprint density at radius 2 is 2.00 bits per heavy atom. The van der Waals surface area contributed by atoms with Gasteiger partial charge < -0.3 is 20.0 Å². The molecular formula is C15H17NO3. The Labute approximate surface area is 112 Å². The van der Waals surface area contributed by atoms with Gasteiger partial charge in [-0.05, 0) is 17.7 Å². The molecule has 0 spiro atoms. The highest BCUT2D eigenvalue weighted by Gasteiger charge is 2.23. The van der Waals surface area contributed by atoms with Gasteiger partial charge in [0.05, 0.1) is 19.6 Å². The summed E-state index contributed by atoms with van der Waals surface area (Å²) >= 11 is 0. The second kappa shape index (κ2) is 6.20. The van der Waals surface area contributed by atoms with Crippen molar-refractivity contribution in [3.05, 3.63) is 59.5 Å². The van der Waals surface area contributed by atoms with Crippen molar-refractivity contribution in [3.63, 3.8) is 0 Å². The highest BCUT2D eigenvalue weighted by Crippen LogP contribution is 2.23. The monoisotopic (exact) mass is 259 g/mol. The number of ether oxygens (including phenoxy) is 2. The van der Waals surface area contributed by atoms with Gasteiger partial charge >= 0.3 is 0 Å². The van der Waals surface area contributed by atoms with Crippen LogP contribution >= 0.6 is 0 Å². The number of nitrogens with two attached hydrogens (primary N) is 1. The van der Waals surface area contributed by atoms with Gasteiger partial charge in [-0.3, -0.25) is 0 Å². The number of carbonyl (C=O) groups is 1. The largest absolute Gasteiger partial charge is 0.498 e. The van der Waals surface area contributed by atoms with E-state index in [0.717, 1.165) is 11.8 Å². The van der Waals surface area contributed by atoms with Gasteiger partial charge in [0.1, 0.15) is 18.1 Å². The van der Waals surface area contributed by atoms with Crippen molar-refractivity contribution < 1.29 is 14.3 Å². The van der Waals surface area contributed by atoms with Crippen molar-refractivity contribution in [3.8, 4) is 0 Å². The molecule has 4 heteroatoms. The Kier molecular flexibility index (Phi) is 4.36. The van der Waals surface area contributed by atoms with Crippen LogP contribution in [0.5, 0.6) is 0 Å². The third kappa shape index (κ3) is 3.23. The van der Waals surface area contributed by atoms with Crippen molar-refractivity contribution in [1.29, 1.82) is 0 Å². The summed E-state index contributed by atoms with van der Waals surface area (Å²) in [6.45, 7) is 0.460. The summed E-state index contributed by atoms with van der Waals surface area (Å²) in [6, 6.07) is 9.84. The van der Waals surface area contributed by atoms with E-state index in [0.29, 0.717) is 18.1 Å². The highest BCUT2D eigenvalue weighted by atomic mass is 16.5. The van der Waals surface area contributed by atoms with Crippen LogP contribution in [0.3, 0.4) is 0 Å². The number of hydrogen-bond donors (Lipinski definition) is 1. The predicted octanol–water partition coefficient (Wildman–Crippen LogP) is 1.77. The summed E-state index contributed by atoms with van der Waals surface area (Å²) in [5.74, 6) is 0.189. The zero-order valence-corrected chi connectivity index (χ0v) is 10.8. The number of allylic oxidation sites excluding steroid dienone is 1. The predicted molar refractivity (Wildman–Crippen MR) is 71.9 cm³/mol. The van der Waals surface area contributed by atoms with Crippen LogP contribution in [-0.4, -0.2) is 19.5 Å². The van der Waals surface area contributed by atoms with E-state index in [9.17, 15) is 4.79 Å². The van der Waals surface area contributed by atoms with E-state index in [1.165, 1.54) is 0 Å². The molecule has 0 heterocycles. The molecular weight excluding hydrogens is 242 g/mol. The van der Waals surface area contributed by atoms with Gasteiger partial charge in [-0.15, -0.1) is 0 Å². The fraction of sp³-hybridized carbons (Fsp3) is 0.267. The van der Waals surface area contributed by atoms with Gasteiger partial charge in [0, 0.05) is 5.70 Å². The van der Waals surface area contributed by atoms with Crippen LogP contribution in [0, 0.1) is 5.92 Å². The van der Waals surface area contributed by atoms with Gasteiger partial charge in [0.2, 0.25) is 0 Å². The van der Waals surface area contributed by atoms with Crippen LogP contribution in [-0.2, 0) is 20.9 Å². The summed E-state index contributed by atoms with van der Waals surface area (Å²) in [4.78, 5) is 10.9. The third-order valence-electron chi connectivity index (χ3n) is 3.01. The fourth-order valence-corrected chi connectivity index (χ4v) is 1.93. The number of rotatable bonds is 5. The quantitative estimate of drug-likeness (QED) is 0.819. The fourth-order valence-electron chi connectivity index (χ4n) is 1.93. The number of methoxy groups -OCH3 is 1. The second-order valence-electron chi connectivity index (χ2n) is 4.32. The molecule has 0 saturated carbocycles. The summed E-state index contributed by atoms with van der Waals surface area (Å²) in [7, 11) is 1.56. The Morgan fingerprint density at radius 3 is 2.63 bits per heavy atom. The summed E-state index contributed by atoms with van der Waals surface area (Å²) in [5, 5.41) is 0. The first-order valence-corrected chi connectivity index (χ1v) is 6.08. The summed E-state index contributed by atoms with van der Waals surface area (Å²) in [5.41, 5.74) is 7.38. The van der Waals surface area contributed by atoms with Crippen LogP contribution in [0.2, 0.25) is 0 Å². The van der Waals surface area contributed by atoms with Crippen LogP contribution in [0.15, 0.2) is 53.9 Å². The maximum atomic E-state index is 10.9. The molecule has 0 aliphatic heterocycles. The lowest BCUT2D eigenvalue weighted by atomic mass is 9.98. The SMILES string of the molecule is COC1=CC(C=O)C(N)=CC1OCc1ccccc1. The van der Waals surface area contributed by atoms with Crippen molar-refractivity contribution in [2.45, 2.75) is 12.7 Å². The van der Waals surface area contributed by atoms with E-state index in [-0.39, 0.29) is 6.10 Å². The average Bonchev–Trinajstić information content (AvgIpc) is 2.46. The van der Waals surface area contributed by atoms with Crippen LogP contribution in [0.1, 0.15) is 5.56 Å². The number of aldehydes is 1. The molecule has 1 aromatic carbocycles. The molecule has 1 aliphatic rings. The summed E-state index contributed by atoms with van der Waals surface area (Å²) < 4.78 is 11.0. The van der Waals surface area contributed by atoms with Crippen molar-refractivity contribution in [2.75, 3.05) is 7.11 Å². The Morgan fingerprint density at radius 1 is 1.26 bits per heavy atom. The lowest BCUT2D eigenvalue weighted by molar-refractivity contribution is -0.109.